The monoisotopic (exact) mass is 1180 g/mol. The molecule has 4 aromatic carbocycles. The minimum absolute atomic E-state index is 0.717. The zero-order chi connectivity index (χ0) is 59.6. The van der Waals surface area contributed by atoms with E-state index < -0.39 is 0 Å². The van der Waals surface area contributed by atoms with Crippen molar-refractivity contribution < 1.29 is 18.9 Å². The third kappa shape index (κ3) is 34.4. The summed E-state index contributed by atoms with van der Waals surface area (Å²) < 4.78 is 25.7. The van der Waals surface area contributed by atoms with Crippen LogP contribution < -0.4 is 18.9 Å². The molecule has 4 aromatic rings. The van der Waals surface area contributed by atoms with Crippen molar-refractivity contribution in [1.82, 2.24) is 0 Å². The molecule has 0 saturated carbocycles. The smallest absolute Gasteiger partial charge is 0.161 e. The number of hydrogen-bond acceptors (Lipinski definition) is 6. The fraction of sp³-hybridized carbons (Fsp3) is 0.615. The van der Waals surface area contributed by atoms with E-state index in [1.165, 1.54) is 231 Å². The minimum Gasteiger partial charge on any atom is -0.490 e. The van der Waals surface area contributed by atoms with Crippen molar-refractivity contribution in [2.24, 2.45) is 0 Å². The third-order valence-corrected chi connectivity index (χ3v) is 17.6. The Kier molecular flexibility index (Phi) is 43.2. The molecule has 0 unspecified atom stereocenters. The molecule has 468 valence electrons. The van der Waals surface area contributed by atoms with Crippen LogP contribution in [-0.4, -0.2) is 26.4 Å². The van der Waals surface area contributed by atoms with Crippen LogP contribution in [0.5, 0.6) is 23.0 Å². The number of ether oxygens (including phenoxy) is 4. The van der Waals surface area contributed by atoms with E-state index in [-0.39, 0.29) is 0 Å². The summed E-state index contributed by atoms with van der Waals surface area (Å²) in [5, 5.41) is 0. The molecule has 0 aliphatic rings. The van der Waals surface area contributed by atoms with E-state index in [1.54, 1.807) is 0 Å². The van der Waals surface area contributed by atoms with Gasteiger partial charge in [-0.3, -0.25) is 0 Å². The summed E-state index contributed by atoms with van der Waals surface area (Å²) in [6.07, 6.45) is 61.2. The lowest BCUT2D eigenvalue weighted by atomic mass is 10.1. The molecule has 0 spiro atoms. The third-order valence-electron chi connectivity index (χ3n) is 16.5. The van der Waals surface area contributed by atoms with E-state index in [9.17, 15) is 0 Å². The van der Waals surface area contributed by atoms with Crippen LogP contribution in [0.1, 0.15) is 318 Å². The lowest BCUT2D eigenvalue weighted by molar-refractivity contribution is 0.258. The molecule has 0 aromatic heterocycles. The van der Waals surface area contributed by atoms with Gasteiger partial charge in [0.15, 0.2) is 23.0 Å². The van der Waals surface area contributed by atoms with Crippen molar-refractivity contribution in [3.05, 3.63) is 118 Å². The van der Waals surface area contributed by atoms with Crippen LogP contribution in [0.15, 0.2) is 84.9 Å². The molecule has 0 aliphatic heterocycles. The summed E-state index contributed by atoms with van der Waals surface area (Å²) in [4.78, 5) is 1.69. The van der Waals surface area contributed by atoms with Crippen molar-refractivity contribution in [3.63, 3.8) is 0 Å². The standard InChI is InChI=1S/C78H120O4S2/c1-5-9-13-17-21-25-29-33-37-41-61-79-73-59-53-69(65-75(73)81-63-43-39-35-31-27-23-19-15-11-7-3)47-45-67-49-55-71(56-50-67)77(83)78(84)72-57-51-68(52-58-72)46-48-70-54-60-74(80-62-42-38-34-30-26-22-18-14-10-6-2)76(66-70)82-64-44-40-36-32-28-24-20-16-12-8-4/h45-60,65-66,83-84H,5-44,61-64H2,1-4H3/b47-45+,48-46+,78-77?. The number of unbranched alkanes of at least 4 members (excludes halogenated alkanes) is 36. The molecule has 84 heavy (non-hydrogen) atoms. The second kappa shape index (κ2) is 50.0. The highest BCUT2D eigenvalue weighted by atomic mass is 32.1. The molecule has 0 aliphatic carbocycles. The summed E-state index contributed by atoms with van der Waals surface area (Å²) in [7, 11) is 0. The average molecular weight is 1190 g/mol. The van der Waals surface area contributed by atoms with Crippen molar-refractivity contribution in [2.75, 3.05) is 26.4 Å². The molecule has 6 heteroatoms. The highest BCUT2D eigenvalue weighted by Crippen LogP contribution is 2.35. The average Bonchev–Trinajstić information content (AvgIpc) is 3.73. The number of rotatable bonds is 54. The van der Waals surface area contributed by atoms with Gasteiger partial charge < -0.3 is 18.9 Å². The van der Waals surface area contributed by atoms with Gasteiger partial charge in [-0.15, -0.1) is 25.3 Å². The van der Waals surface area contributed by atoms with Gasteiger partial charge in [-0.25, -0.2) is 0 Å². The lowest BCUT2D eigenvalue weighted by Crippen LogP contribution is -2.03. The zero-order valence-electron chi connectivity index (χ0n) is 54.0. The Bertz CT molecular complexity index is 2140. The van der Waals surface area contributed by atoms with Gasteiger partial charge in [0.05, 0.1) is 26.4 Å². The predicted octanol–water partition coefficient (Wildman–Crippen LogP) is 25.9. The van der Waals surface area contributed by atoms with E-state index in [2.05, 4.69) is 137 Å². The Hall–Kier alpha value is -4.00. The first-order valence-corrected chi connectivity index (χ1v) is 35.8. The van der Waals surface area contributed by atoms with E-state index in [0.717, 1.165) is 118 Å². The van der Waals surface area contributed by atoms with Gasteiger partial charge in [-0.2, -0.15) is 0 Å². The molecule has 0 saturated heterocycles. The zero-order valence-corrected chi connectivity index (χ0v) is 55.8. The summed E-state index contributed by atoms with van der Waals surface area (Å²) in [5.41, 5.74) is 6.48. The predicted molar refractivity (Wildman–Crippen MR) is 378 cm³/mol. The van der Waals surface area contributed by atoms with Crippen LogP contribution in [-0.2, 0) is 0 Å². The number of benzene rings is 4. The van der Waals surface area contributed by atoms with Gasteiger partial charge in [0, 0.05) is 9.81 Å². The van der Waals surface area contributed by atoms with Crippen molar-refractivity contribution in [1.29, 1.82) is 0 Å². The normalized spacial score (nSPS) is 12.0. The summed E-state index contributed by atoms with van der Waals surface area (Å²) >= 11 is 9.99. The summed E-state index contributed by atoms with van der Waals surface area (Å²) in [6, 6.07) is 29.9. The topological polar surface area (TPSA) is 36.9 Å². The lowest BCUT2D eigenvalue weighted by Gasteiger charge is -2.14. The van der Waals surface area contributed by atoms with Gasteiger partial charge in [-0.1, -0.05) is 344 Å². The first-order valence-electron chi connectivity index (χ1n) is 34.9. The molecule has 0 heterocycles. The van der Waals surface area contributed by atoms with Gasteiger partial charge in [-0.05, 0) is 83.3 Å². The molecule has 0 amide bonds. The molecular weight excluding hydrogens is 1060 g/mol. The molecule has 0 N–H and O–H groups in total. The Morgan fingerprint density at radius 3 is 0.702 bits per heavy atom. The maximum atomic E-state index is 6.47. The van der Waals surface area contributed by atoms with Gasteiger partial charge in [0.2, 0.25) is 0 Å². The van der Waals surface area contributed by atoms with Gasteiger partial charge >= 0.3 is 0 Å². The molecule has 0 fully saturated rings. The second-order valence-corrected chi connectivity index (χ2v) is 25.0. The van der Waals surface area contributed by atoms with E-state index in [1.807, 2.05) is 0 Å². The SMILES string of the molecule is CCCCCCCCCCCCOc1ccc(/C=C/c2ccc(C(S)=C(S)c3ccc(/C=C/c4ccc(OCCCCCCCCCCCC)c(OCCCCCCCCCCCC)c4)cc3)cc2)cc1OCCCCCCCCCCCC. The van der Waals surface area contributed by atoms with Crippen molar-refractivity contribution >= 4 is 59.4 Å². The van der Waals surface area contributed by atoms with Crippen LogP contribution >= 0.6 is 25.3 Å². The second-order valence-electron chi connectivity index (χ2n) is 24.1. The van der Waals surface area contributed by atoms with Crippen LogP contribution in [0.4, 0.5) is 0 Å². The van der Waals surface area contributed by atoms with Crippen LogP contribution in [0, 0.1) is 0 Å². The maximum absolute atomic E-state index is 6.47. The van der Waals surface area contributed by atoms with Crippen LogP contribution in [0.25, 0.3) is 34.1 Å². The molecular formula is C78H120O4S2. The van der Waals surface area contributed by atoms with E-state index >= 15 is 0 Å². The molecule has 4 nitrogen and oxygen atoms in total. The molecule has 0 radical (unpaired) electrons. The maximum Gasteiger partial charge on any atom is 0.161 e. The highest BCUT2D eigenvalue weighted by Gasteiger charge is 2.11. The molecule has 0 atom stereocenters. The van der Waals surface area contributed by atoms with Crippen molar-refractivity contribution in [2.45, 2.75) is 285 Å². The first kappa shape index (κ1) is 72.5. The molecule has 4 rings (SSSR count). The fourth-order valence-electron chi connectivity index (χ4n) is 11.0. The highest BCUT2D eigenvalue weighted by molar-refractivity contribution is 7.96. The largest absolute Gasteiger partial charge is 0.490 e. The van der Waals surface area contributed by atoms with E-state index in [0.29, 0.717) is 0 Å². The van der Waals surface area contributed by atoms with Crippen molar-refractivity contribution in [3.8, 4) is 23.0 Å². The first-order chi connectivity index (χ1) is 41.4. The Balaban J connectivity index is 1.31. The Labute approximate surface area is 527 Å². The fourth-order valence-corrected chi connectivity index (χ4v) is 11.5. The number of hydrogen-bond donors (Lipinski definition) is 2. The van der Waals surface area contributed by atoms with Gasteiger partial charge in [0.25, 0.3) is 0 Å². The van der Waals surface area contributed by atoms with Crippen LogP contribution in [0.3, 0.4) is 0 Å². The minimum atomic E-state index is 0.717. The Morgan fingerprint density at radius 2 is 0.452 bits per heavy atom. The summed E-state index contributed by atoms with van der Waals surface area (Å²) in [6.45, 7) is 12.1. The quantitative estimate of drug-likeness (QED) is 0.0262. The van der Waals surface area contributed by atoms with E-state index in [4.69, 9.17) is 44.2 Å². The molecule has 0 bridgehead atoms. The summed E-state index contributed by atoms with van der Waals surface area (Å²) in [5.74, 6) is 3.42. The van der Waals surface area contributed by atoms with Crippen LogP contribution in [0.2, 0.25) is 0 Å². The Morgan fingerprint density at radius 1 is 0.250 bits per heavy atom. The number of thiol groups is 2. The van der Waals surface area contributed by atoms with Gasteiger partial charge in [0.1, 0.15) is 0 Å².